The number of carbonyl (C=O) groups excluding carboxylic acids is 1. The molecule has 1 fully saturated rings. The SMILES string of the molecule is CSCC[C@H](NC(=O)[C@@H]1C[C@@H](O)CN1)C(=O)O. The molecular formula is C10H18N2O4S. The van der Waals surface area contributed by atoms with Crippen LogP contribution in [0.2, 0.25) is 0 Å². The van der Waals surface area contributed by atoms with E-state index in [1.54, 1.807) is 0 Å². The molecule has 0 aliphatic carbocycles. The number of β-amino-alcohol motifs (C(OH)–C–C–N with tert-alkyl or cyclic N) is 1. The predicted molar refractivity (Wildman–Crippen MR) is 65.0 cm³/mol. The zero-order valence-corrected chi connectivity index (χ0v) is 10.5. The van der Waals surface area contributed by atoms with Gasteiger partial charge in [0.1, 0.15) is 6.04 Å². The van der Waals surface area contributed by atoms with E-state index in [1.165, 1.54) is 11.8 Å². The summed E-state index contributed by atoms with van der Waals surface area (Å²) in [5, 5.41) is 23.6. The summed E-state index contributed by atoms with van der Waals surface area (Å²) in [7, 11) is 0. The first kappa shape index (κ1) is 14.3. The van der Waals surface area contributed by atoms with E-state index in [2.05, 4.69) is 10.6 Å². The molecule has 1 rings (SSSR count). The van der Waals surface area contributed by atoms with Gasteiger partial charge in [-0.25, -0.2) is 4.79 Å². The molecule has 1 saturated heterocycles. The van der Waals surface area contributed by atoms with Crippen LogP contribution in [0.3, 0.4) is 0 Å². The van der Waals surface area contributed by atoms with Crippen LogP contribution >= 0.6 is 11.8 Å². The average Bonchev–Trinajstić information content (AvgIpc) is 2.70. The molecule has 7 heteroatoms. The van der Waals surface area contributed by atoms with Crippen molar-refractivity contribution in [3.63, 3.8) is 0 Å². The van der Waals surface area contributed by atoms with E-state index in [0.717, 1.165) is 0 Å². The fraction of sp³-hybridized carbons (Fsp3) is 0.800. The largest absolute Gasteiger partial charge is 0.480 e. The predicted octanol–water partition coefficient (Wildman–Crippen LogP) is -0.968. The molecule has 0 aromatic rings. The first-order valence-electron chi connectivity index (χ1n) is 5.48. The van der Waals surface area contributed by atoms with Crippen molar-refractivity contribution < 1.29 is 19.8 Å². The summed E-state index contributed by atoms with van der Waals surface area (Å²) in [6.45, 7) is 0.376. The fourth-order valence-corrected chi connectivity index (χ4v) is 2.15. The summed E-state index contributed by atoms with van der Waals surface area (Å²) in [5.41, 5.74) is 0. The van der Waals surface area contributed by atoms with Gasteiger partial charge in [-0.05, 0) is 24.9 Å². The van der Waals surface area contributed by atoms with Crippen molar-refractivity contribution in [1.82, 2.24) is 10.6 Å². The first-order chi connectivity index (χ1) is 8.04. The molecule has 0 aromatic carbocycles. The second kappa shape index (κ2) is 6.83. The number of aliphatic hydroxyl groups is 1. The average molecular weight is 262 g/mol. The Bertz CT molecular complexity index is 287. The summed E-state index contributed by atoms with van der Waals surface area (Å²) in [4.78, 5) is 22.6. The van der Waals surface area contributed by atoms with Gasteiger partial charge in [0.05, 0.1) is 12.1 Å². The summed E-state index contributed by atoms with van der Waals surface area (Å²) in [6.07, 6.45) is 2.09. The Kier molecular flexibility index (Phi) is 5.73. The van der Waals surface area contributed by atoms with Gasteiger partial charge in [0, 0.05) is 6.54 Å². The molecule has 1 heterocycles. The van der Waals surface area contributed by atoms with Gasteiger partial charge >= 0.3 is 5.97 Å². The van der Waals surface area contributed by atoms with Gasteiger partial charge in [0.15, 0.2) is 0 Å². The van der Waals surface area contributed by atoms with E-state index in [-0.39, 0.29) is 5.91 Å². The van der Waals surface area contributed by atoms with Crippen LogP contribution in [0.5, 0.6) is 0 Å². The van der Waals surface area contributed by atoms with Crippen molar-refractivity contribution in [2.45, 2.75) is 31.0 Å². The second-order valence-corrected chi connectivity index (χ2v) is 5.02. The Morgan fingerprint density at radius 1 is 1.59 bits per heavy atom. The Hall–Kier alpha value is -0.790. The third kappa shape index (κ3) is 4.53. The third-order valence-electron chi connectivity index (χ3n) is 2.65. The van der Waals surface area contributed by atoms with E-state index >= 15 is 0 Å². The maximum Gasteiger partial charge on any atom is 0.326 e. The molecule has 0 saturated carbocycles. The number of nitrogens with one attached hydrogen (secondary N) is 2. The Morgan fingerprint density at radius 3 is 2.76 bits per heavy atom. The topological polar surface area (TPSA) is 98.7 Å². The van der Waals surface area contributed by atoms with E-state index in [0.29, 0.717) is 25.1 Å². The van der Waals surface area contributed by atoms with Crippen molar-refractivity contribution in [3.05, 3.63) is 0 Å². The number of hydrogen-bond donors (Lipinski definition) is 4. The Morgan fingerprint density at radius 2 is 2.29 bits per heavy atom. The molecule has 0 unspecified atom stereocenters. The Balaban J connectivity index is 2.43. The number of aliphatic hydroxyl groups excluding tert-OH is 1. The van der Waals surface area contributed by atoms with Crippen LogP contribution in [0, 0.1) is 0 Å². The first-order valence-corrected chi connectivity index (χ1v) is 6.87. The summed E-state index contributed by atoms with van der Waals surface area (Å²) >= 11 is 1.54. The minimum absolute atomic E-state index is 0.334. The van der Waals surface area contributed by atoms with Crippen LogP contribution in [-0.4, -0.2) is 58.8 Å². The van der Waals surface area contributed by atoms with E-state index in [1.807, 2.05) is 6.26 Å². The monoisotopic (exact) mass is 262 g/mol. The summed E-state index contributed by atoms with van der Waals surface area (Å²) in [5.74, 6) is -0.696. The molecule has 17 heavy (non-hydrogen) atoms. The number of rotatable bonds is 6. The van der Waals surface area contributed by atoms with Crippen molar-refractivity contribution in [2.75, 3.05) is 18.6 Å². The van der Waals surface area contributed by atoms with E-state index in [9.17, 15) is 14.7 Å². The summed E-state index contributed by atoms with van der Waals surface area (Å²) < 4.78 is 0. The lowest BCUT2D eigenvalue weighted by Gasteiger charge is -2.17. The second-order valence-electron chi connectivity index (χ2n) is 4.03. The fourth-order valence-electron chi connectivity index (χ4n) is 1.68. The molecule has 4 N–H and O–H groups in total. The van der Waals surface area contributed by atoms with E-state index < -0.39 is 24.2 Å². The number of thioether (sulfide) groups is 1. The van der Waals surface area contributed by atoms with Crippen LogP contribution in [0.25, 0.3) is 0 Å². The quantitative estimate of drug-likeness (QED) is 0.492. The van der Waals surface area contributed by atoms with Gasteiger partial charge in [-0.15, -0.1) is 0 Å². The standard InChI is InChI=1S/C10H18N2O4S/c1-17-3-2-7(10(15)16)12-9(14)8-4-6(13)5-11-8/h6-8,11,13H,2-5H2,1H3,(H,12,14)(H,15,16)/t6-,7+,8+/m1/s1. The van der Waals surface area contributed by atoms with E-state index in [4.69, 9.17) is 5.11 Å². The normalized spacial score (nSPS) is 25.5. The maximum absolute atomic E-state index is 11.7. The number of carboxylic acid groups (broad SMARTS) is 1. The molecule has 98 valence electrons. The highest BCUT2D eigenvalue weighted by molar-refractivity contribution is 7.98. The van der Waals surface area contributed by atoms with Crippen LogP contribution in [0.4, 0.5) is 0 Å². The van der Waals surface area contributed by atoms with Crippen LogP contribution in [-0.2, 0) is 9.59 Å². The number of hydrogen-bond acceptors (Lipinski definition) is 5. The summed E-state index contributed by atoms with van der Waals surface area (Å²) in [6, 6.07) is -1.34. The minimum Gasteiger partial charge on any atom is -0.480 e. The molecular weight excluding hydrogens is 244 g/mol. The molecule has 1 aliphatic rings. The van der Waals surface area contributed by atoms with Gasteiger partial charge in [-0.2, -0.15) is 11.8 Å². The van der Waals surface area contributed by atoms with Gasteiger partial charge in [0.25, 0.3) is 0 Å². The number of carbonyl (C=O) groups is 2. The molecule has 0 spiro atoms. The van der Waals surface area contributed by atoms with Gasteiger partial charge in [-0.1, -0.05) is 0 Å². The molecule has 3 atom stereocenters. The minimum atomic E-state index is -1.02. The molecule has 0 radical (unpaired) electrons. The highest BCUT2D eigenvalue weighted by atomic mass is 32.2. The third-order valence-corrected chi connectivity index (χ3v) is 3.29. The maximum atomic E-state index is 11.7. The lowest BCUT2D eigenvalue weighted by molar-refractivity contribution is -0.142. The van der Waals surface area contributed by atoms with Crippen molar-refractivity contribution in [1.29, 1.82) is 0 Å². The zero-order chi connectivity index (χ0) is 12.8. The highest BCUT2D eigenvalue weighted by Crippen LogP contribution is 2.07. The number of amides is 1. The highest BCUT2D eigenvalue weighted by Gasteiger charge is 2.30. The molecule has 0 bridgehead atoms. The molecule has 6 nitrogen and oxygen atoms in total. The van der Waals surface area contributed by atoms with Crippen molar-refractivity contribution in [3.8, 4) is 0 Å². The molecule has 0 aromatic heterocycles. The van der Waals surface area contributed by atoms with Gasteiger partial charge < -0.3 is 20.8 Å². The lowest BCUT2D eigenvalue weighted by atomic mass is 10.1. The number of aliphatic carboxylic acids is 1. The lowest BCUT2D eigenvalue weighted by Crippen LogP contribution is -2.48. The zero-order valence-electron chi connectivity index (χ0n) is 9.68. The molecule has 1 aliphatic heterocycles. The number of carboxylic acids is 1. The van der Waals surface area contributed by atoms with Gasteiger partial charge in [-0.3, -0.25) is 4.79 Å². The van der Waals surface area contributed by atoms with Crippen molar-refractivity contribution in [2.24, 2.45) is 0 Å². The Labute approximate surface area is 104 Å². The van der Waals surface area contributed by atoms with Gasteiger partial charge in [0.2, 0.25) is 5.91 Å². The molecule has 1 amide bonds. The van der Waals surface area contributed by atoms with Crippen LogP contribution < -0.4 is 10.6 Å². The van der Waals surface area contributed by atoms with Crippen molar-refractivity contribution >= 4 is 23.6 Å². The smallest absolute Gasteiger partial charge is 0.326 e. The van der Waals surface area contributed by atoms with Crippen LogP contribution in [0.15, 0.2) is 0 Å². The van der Waals surface area contributed by atoms with Crippen LogP contribution in [0.1, 0.15) is 12.8 Å².